The van der Waals surface area contributed by atoms with Gasteiger partial charge in [0.2, 0.25) is 0 Å². The van der Waals surface area contributed by atoms with Crippen molar-refractivity contribution in [2.45, 2.75) is 26.1 Å². The molecule has 1 rings (SSSR count). The van der Waals surface area contributed by atoms with Gasteiger partial charge < -0.3 is 0 Å². The molecular weight excluding hydrogens is 148 g/mol. The maximum absolute atomic E-state index is 2.42. The first-order valence-corrected chi connectivity index (χ1v) is 7.43. The highest BCUT2D eigenvalue weighted by atomic mass is 28.3. The van der Waals surface area contributed by atoms with E-state index in [4.69, 9.17) is 0 Å². The van der Waals surface area contributed by atoms with Gasteiger partial charge in [-0.15, -0.1) is 0 Å². The molecule has 0 atom stereocenters. The van der Waals surface area contributed by atoms with Gasteiger partial charge >= 0.3 is 0 Å². The molecule has 0 aromatic heterocycles. The summed E-state index contributed by atoms with van der Waals surface area (Å²) in [5, 5.41) is 1.57. The number of hydrogen-bond donors (Lipinski definition) is 0. The van der Waals surface area contributed by atoms with Crippen molar-refractivity contribution in [3.8, 4) is 0 Å². The first-order valence-electron chi connectivity index (χ1n) is 4.22. The minimum Gasteiger partial charge on any atom is -0.0675 e. The highest BCUT2D eigenvalue weighted by Crippen LogP contribution is 2.07. The van der Waals surface area contributed by atoms with Crippen molar-refractivity contribution in [2.24, 2.45) is 0 Å². The highest BCUT2D eigenvalue weighted by molar-refractivity contribution is 6.89. The second kappa shape index (κ2) is 3.22. The second-order valence-electron chi connectivity index (χ2n) is 3.60. The monoisotopic (exact) mass is 164 g/mol. The van der Waals surface area contributed by atoms with Gasteiger partial charge in [0.15, 0.2) is 0 Å². The summed E-state index contributed by atoms with van der Waals surface area (Å²) in [6.07, 6.45) is 0. The first-order chi connectivity index (χ1) is 5.17. The molecule has 0 aliphatic rings. The van der Waals surface area contributed by atoms with E-state index in [1.165, 1.54) is 6.04 Å². The Hall–Kier alpha value is -0.563. The van der Waals surface area contributed by atoms with Crippen LogP contribution in [-0.2, 0) is 0 Å². The normalized spacial score (nSPS) is 11.5. The van der Waals surface area contributed by atoms with Gasteiger partial charge in [0, 0.05) is 0 Å². The zero-order chi connectivity index (χ0) is 8.32. The van der Waals surface area contributed by atoms with E-state index in [1.54, 1.807) is 5.19 Å². The van der Waals surface area contributed by atoms with Crippen LogP contribution < -0.4 is 5.19 Å². The SMILES string of the molecule is CC[Si](C)(C)c1ccccc1. The Kier molecular flexibility index (Phi) is 2.50. The molecule has 60 valence electrons. The minimum atomic E-state index is -1.05. The average molecular weight is 164 g/mol. The molecule has 0 fully saturated rings. The molecule has 1 aromatic rings. The molecule has 0 saturated heterocycles. The largest absolute Gasteiger partial charge is 0.0803 e. The Labute approximate surface area is 70.3 Å². The zero-order valence-corrected chi connectivity index (χ0v) is 8.59. The maximum atomic E-state index is 2.42. The Bertz CT molecular complexity index is 214. The van der Waals surface area contributed by atoms with Crippen molar-refractivity contribution >= 4 is 13.3 Å². The molecule has 0 aliphatic heterocycles. The van der Waals surface area contributed by atoms with Gasteiger partial charge in [-0.05, 0) is 0 Å². The number of hydrogen-bond acceptors (Lipinski definition) is 0. The fourth-order valence-electron chi connectivity index (χ4n) is 1.09. The van der Waals surface area contributed by atoms with Crippen LogP contribution in [0.25, 0.3) is 0 Å². The molecule has 1 heteroatoms. The highest BCUT2D eigenvalue weighted by Gasteiger charge is 2.19. The summed E-state index contributed by atoms with van der Waals surface area (Å²) in [7, 11) is -1.05. The minimum absolute atomic E-state index is 1.05. The van der Waals surface area contributed by atoms with E-state index >= 15 is 0 Å². The Balaban J connectivity index is 2.93. The van der Waals surface area contributed by atoms with Crippen LogP contribution in [0.3, 0.4) is 0 Å². The van der Waals surface area contributed by atoms with E-state index in [0.29, 0.717) is 0 Å². The van der Waals surface area contributed by atoms with Crippen LogP contribution in [0.1, 0.15) is 6.92 Å². The van der Waals surface area contributed by atoms with Crippen LogP contribution in [0.2, 0.25) is 19.1 Å². The fourth-order valence-corrected chi connectivity index (χ4v) is 2.60. The van der Waals surface area contributed by atoms with Crippen LogP contribution in [0.15, 0.2) is 30.3 Å². The van der Waals surface area contributed by atoms with Crippen LogP contribution in [-0.4, -0.2) is 8.07 Å². The molecule has 0 aliphatic carbocycles. The van der Waals surface area contributed by atoms with Gasteiger partial charge in [-0.25, -0.2) is 0 Å². The van der Waals surface area contributed by atoms with Gasteiger partial charge in [-0.3, -0.25) is 0 Å². The van der Waals surface area contributed by atoms with Crippen molar-refractivity contribution in [3.63, 3.8) is 0 Å². The topological polar surface area (TPSA) is 0 Å². The molecule has 0 radical (unpaired) electrons. The van der Waals surface area contributed by atoms with Crippen molar-refractivity contribution in [2.75, 3.05) is 0 Å². The zero-order valence-electron chi connectivity index (χ0n) is 7.59. The van der Waals surface area contributed by atoms with E-state index in [1.807, 2.05) is 0 Å². The molecule has 0 heterocycles. The molecule has 0 unspecified atom stereocenters. The van der Waals surface area contributed by atoms with Crippen molar-refractivity contribution in [3.05, 3.63) is 30.3 Å². The molecule has 11 heavy (non-hydrogen) atoms. The lowest BCUT2D eigenvalue weighted by Gasteiger charge is -2.20. The van der Waals surface area contributed by atoms with Gasteiger partial charge in [-0.2, -0.15) is 0 Å². The van der Waals surface area contributed by atoms with Crippen molar-refractivity contribution < 1.29 is 0 Å². The summed E-state index contributed by atoms with van der Waals surface area (Å²) in [5.74, 6) is 0. The summed E-state index contributed by atoms with van der Waals surface area (Å²) in [4.78, 5) is 0. The van der Waals surface area contributed by atoms with Gasteiger partial charge in [0.1, 0.15) is 0 Å². The summed E-state index contributed by atoms with van der Waals surface area (Å²) >= 11 is 0. The van der Waals surface area contributed by atoms with Gasteiger partial charge in [0.05, 0.1) is 8.07 Å². The predicted octanol–water partition coefficient (Wildman–Crippen LogP) is 2.62. The quantitative estimate of drug-likeness (QED) is 0.589. The lowest BCUT2D eigenvalue weighted by molar-refractivity contribution is 1.37. The Morgan fingerprint density at radius 2 is 1.64 bits per heavy atom. The summed E-state index contributed by atoms with van der Waals surface area (Å²) in [6.45, 7) is 7.13. The third-order valence-corrected chi connectivity index (χ3v) is 6.10. The summed E-state index contributed by atoms with van der Waals surface area (Å²) in [5.41, 5.74) is 0. The predicted molar refractivity (Wildman–Crippen MR) is 54.0 cm³/mol. The Morgan fingerprint density at radius 3 is 2.09 bits per heavy atom. The number of rotatable bonds is 2. The molecule has 0 amide bonds. The van der Waals surface area contributed by atoms with E-state index < -0.39 is 8.07 Å². The standard InChI is InChI=1S/C10H16Si/c1-4-11(2,3)10-8-6-5-7-9-10/h5-9H,4H2,1-3H3. The lowest BCUT2D eigenvalue weighted by atomic mass is 10.4. The molecule has 0 bridgehead atoms. The van der Waals surface area contributed by atoms with Gasteiger partial charge in [0.25, 0.3) is 0 Å². The lowest BCUT2D eigenvalue weighted by Crippen LogP contribution is -2.39. The third kappa shape index (κ3) is 1.93. The van der Waals surface area contributed by atoms with Crippen LogP contribution >= 0.6 is 0 Å². The van der Waals surface area contributed by atoms with Crippen LogP contribution in [0, 0.1) is 0 Å². The van der Waals surface area contributed by atoms with E-state index in [-0.39, 0.29) is 0 Å². The fraction of sp³-hybridized carbons (Fsp3) is 0.400. The Morgan fingerprint density at radius 1 is 1.09 bits per heavy atom. The molecule has 0 saturated carbocycles. The number of benzene rings is 1. The molecule has 0 nitrogen and oxygen atoms in total. The first kappa shape index (κ1) is 8.53. The maximum Gasteiger partial charge on any atom is 0.0803 e. The molecule has 0 N–H and O–H groups in total. The summed E-state index contributed by atoms with van der Waals surface area (Å²) < 4.78 is 0. The van der Waals surface area contributed by atoms with E-state index in [0.717, 1.165) is 0 Å². The van der Waals surface area contributed by atoms with Gasteiger partial charge in [-0.1, -0.05) is 61.6 Å². The second-order valence-corrected chi connectivity index (χ2v) is 8.66. The molecule has 0 spiro atoms. The van der Waals surface area contributed by atoms with E-state index in [9.17, 15) is 0 Å². The smallest absolute Gasteiger partial charge is 0.0675 e. The van der Waals surface area contributed by atoms with Crippen molar-refractivity contribution in [1.82, 2.24) is 0 Å². The van der Waals surface area contributed by atoms with Crippen LogP contribution in [0.5, 0.6) is 0 Å². The van der Waals surface area contributed by atoms with Crippen molar-refractivity contribution in [1.29, 1.82) is 0 Å². The van der Waals surface area contributed by atoms with Crippen LogP contribution in [0.4, 0.5) is 0 Å². The molecule has 1 aromatic carbocycles. The third-order valence-electron chi connectivity index (χ3n) is 2.44. The molecular formula is C10H16Si. The summed E-state index contributed by atoms with van der Waals surface area (Å²) in [6, 6.07) is 12.2. The average Bonchev–Trinajstić information content (AvgIpc) is 2.06. The van der Waals surface area contributed by atoms with E-state index in [2.05, 4.69) is 50.3 Å².